The lowest BCUT2D eigenvalue weighted by Gasteiger charge is -2.19. The highest BCUT2D eigenvalue weighted by Crippen LogP contribution is 2.37. The van der Waals surface area contributed by atoms with E-state index >= 15 is 0 Å². The van der Waals surface area contributed by atoms with Gasteiger partial charge in [0.2, 0.25) is 0 Å². The van der Waals surface area contributed by atoms with Crippen LogP contribution in [0, 0.1) is 6.92 Å². The average molecular weight is 350 g/mol. The van der Waals surface area contributed by atoms with Gasteiger partial charge in [-0.25, -0.2) is 0 Å². The zero-order chi connectivity index (χ0) is 18.7. The molecule has 2 aromatic carbocycles. The minimum Gasteiger partial charge on any atom is -0.496 e. The number of methoxy groups -OCH3 is 1. The third-order valence-corrected chi connectivity index (χ3v) is 4.82. The SMILES string of the molecule is C=C(C)C[NH+](CC)Cc1cc2oc(C)c(-c3ccccc3)c2cc1OC. The van der Waals surface area contributed by atoms with Crippen molar-refractivity contribution >= 4 is 11.0 Å². The number of fused-ring (bicyclic) bond motifs is 1. The Kier molecular flexibility index (Phi) is 5.48. The summed E-state index contributed by atoms with van der Waals surface area (Å²) in [6.07, 6.45) is 0. The van der Waals surface area contributed by atoms with Crippen LogP contribution in [0.4, 0.5) is 0 Å². The lowest BCUT2D eigenvalue weighted by Crippen LogP contribution is -3.10. The molecule has 26 heavy (non-hydrogen) atoms. The standard InChI is InChI=1S/C23H27NO2/c1-6-24(14-16(2)3)15-19-12-22-20(13-21(19)25-5)23(17(4)26-22)18-10-8-7-9-11-18/h7-13H,2,6,14-15H2,1,3-5H3/p+1. The van der Waals surface area contributed by atoms with E-state index in [1.54, 1.807) is 7.11 Å². The maximum Gasteiger partial charge on any atom is 0.135 e. The normalized spacial score (nSPS) is 12.3. The van der Waals surface area contributed by atoms with E-state index in [4.69, 9.17) is 9.15 Å². The van der Waals surface area contributed by atoms with E-state index in [0.717, 1.165) is 47.7 Å². The van der Waals surface area contributed by atoms with Crippen LogP contribution in [-0.4, -0.2) is 20.2 Å². The smallest absolute Gasteiger partial charge is 0.135 e. The number of benzene rings is 2. The van der Waals surface area contributed by atoms with Gasteiger partial charge in [-0.1, -0.05) is 36.9 Å². The number of hydrogen-bond acceptors (Lipinski definition) is 2. The summed E-state index contributed by atoms with van der Waals surface area (Å²) in [6, 6.07) is 14.6. The fraction of sp³-hybridized carbons (Fsp3) is 0.304. The Hall–Kier alpha value is -2.52. The maximum atomic E-state index is 6.11. The van der Waals surface area contributed by atoms with Crippen LogP contribution in [0.1, 0.15) is 25.2 Å². The highest BCUT2D eigenvalue weighted by molar-refractivity contribution is 5.97. The Balaban J connectivity index is 2.06. The predicted octanol–water partition coefficient (Wildman–Crippen LogP) is 4.40. The molecule has 0 aliphatic rings. The lowest BCUT2D eigenvalue weighted by atomic mass is 10.0. The predicted molar refractivity (Wildman–Crippen MR) is 108 cm³/mol. The summed E-state index contributed by atoms with van der Waals surface area (Å²) >= 11 is 0. The van der Waals surface area contributed by atoms with Gasteiger partial charge in [0.15, 0.2) is 0 Å². The van der Waals surface area contributed by atoms with Gasteiger partial charge < -0.3 is 14.1 Å². The highest BCUT2D eigenvalue weighted by Gasteiger charge is 2.18. The quantitative estimate of drug-likeness (QED) is 0.640. The molecule has 0 radical (unpaired) electrons. The molecule has 0 bridgehead atoms. The molecular formula is C23H28NO2+. The van der Waals surface area contributed by atoms with Crippen LogP contribution >= 0.6 is 0 Å². The van der Waals surface area contributed by atoms with Gasteiger partial charge in [0.25, 0.3) is 0 Å². The maximum absolute atomic E-state index is 6.11. The summed E-state index contributed by atoms with van der Waals surface area (Å²) in [5.74, 6) is 1.86. The highest BCUT2D eigenvalue weighted by atomic mass is 16.5. The fourth-order valence-corrected chi connectivity index (χ4v) is 3.59. The number of hydrogen-bond donors (Lipinski definition) is 1. The third-order valence-electron chi connectivity index (χ3n) is 4.82. The molecule has 1 unspecified atom stereocenters. The van der Waals surface area contributed by atoms with Gasteiger partial charge >= 0.3 is 0 Å². The molecule has 0 aliphatic carbocycles. The number of nitrogens with one attached hydrogen (secondary N) is 1. The summed E-state index contributed by atoms with van der Waals surface area (Å²) in [4.78, 5) is 1.46. The van der Waals surface area contributed by atoms with Crippen LogP contribution in [-0.2, 0) is 6.54 Å². The van der Waals surface area contributed by atoms with E-state index in [9.17, 15) is 0 Å². The van der Waals surface area contributed by atoms with Crippen LogP contribution in [0.25, 0.3) is 22.1 Å². The second kappa shape index (κ2) is 7.79. The van der Waals surface area contributed by atoms with Crippen LogP contribution in [0.3, 0.4) is 0 Å². The fourth-order valence-electron chi connectivity index (χ4n) is 3.59. The molecule has 136 valence electrons. The van der Waals surface area contributed by atoms with Crippen molar-refractivity contribution in [2.75, 3.05) is 20.2 Å². The van der Waals surface area contributed by atoms with E-state index in [1.165, 1.54) is 21.6 Å². The van der Waals surface area contributed by atoms with Gasteiger partial charge in [-0.05, 0) is 44.0 Å². The Morgan fingerprint density at radius 2 is 1.92 bits per heavy atom. The minimum atomic E-state index is 0.892. The van der Waals surface area contributed by atoms with Gasteiger partial charge in [-0.2, -0.15) is 0 Å². The number of aryl methyl sites for hydroxylation is 1. The second-order valence-electron chi connectivity index (χ2n) is 6.97. The summed E-state index contributed by atoms with van der Waals surface area (Å²) < 4.78 is 11.8. The van der Waals surface area contributed by atoms with Crippen molar-refractivity contribution in [1.82, 2.24) is 0 Å². The van der Waals surface area contributed by atoms with Crippen molar-refractivity contribution in [1.29, 1.82) is 0 Å². The Morgan fingerprint density at radius 3 is 2.54 bits per heavy atom. The largest absolute Gasteiger partial charge is 0.496 e. The van der Waals surface area contributed by atoms with Crippen LogP contribution in [0.5, 0.6) is 5.75 Å². The van der Waals surface area contributed by atoms with Crippen molar-refractivity contribution in [3.8, 4) is 16.9 Å². The molecule has 0 fully saturated rings. The number of rotatable bonds is 7. The number of quaternary nitrogens is 1. The van der Waals surface area contributed by atoms with E-state index < -0.39 is 0 Å². The molecule has 3 aromatic rings. The Bertz CT molecular complexity index is 909. The molecule has 1 heterocycles. The van der Waals surface area contributed by atoms with Crippen molar-refractivity contribution in [3.05, 3.63) is 65.9 Å². The van der Waals surface area contributed by atoms with Gasteiger partial charge in [-0.15, -0.1) is 0 Å². The number of furan rings is 1. The number of ether oxygens (including phenoxy) is 1. The second-order valence-corrected chi connectivity index (χ2v) is 6.97. The van der Waals surface area contributed by atoms with E-state index in [1.807, 2.05) is 13.0 Å². The topological polar surface area (TPSA) is 26.8 Å². The minimum absolute atomic E-state index is 0.892. The molecule has 1 aromatic heterocycles. The van der Waals surface area contributed by atoms with Crippen molar-refractivity contribution in [2.45, 2.75) is 27.3 Å². The monoisotopic (exact) mass is 350 g/mol. The summed E-state index contributed by atoms with van der Waals surface area (Å²) in [6.45, 7) is 13.3. The van der Waals surface area contributed by atoms with E-state index in [-0.39, 0.29) is 0 Å². The van der Waals surface area contributed by atoms with Crippen molar-refractivity contribution in [3.63, 3.8) is 0 Å². The molecule has 3 heteroatoms. The molecule has 0 spiro atoms. The summed E-state index contributed by atoms with van der Waals surface area (Å²) in [5.41, 5.74) is 5.60. The first-order valence-corrected chi connectivity index (χ1v) is 9.16. The summed E-state index contributed by atoms with van der Waals surface area (Å²) in [7, 11) is 1.74. The van der Waals surface area contributed by atoms with E-state index in [0.29, 0.717) is 0 Å². The molecule has 3 rings (SSSR count). The molecule has 3 nitrogen and oxygen atoms in total. The molecule has 0 saturated heterocycles. The molecule has 0 saturated carbocycles. The molecule has 1 atom stereocenters. The van der Waals surface area contributed by atoms with Gasteiger partial charge in [-0.3, -0.25) is 0 Å². The van der Waals surface area contributed by atoms with Gasteiger partial charge in [0, 0.05) is 10.9 Å². The van der Waals surface area contributed by atoms with Gasteiger partial charge in [0.05, 0.1) is 25.8 Å². The Morgan fingerprint density at radius 1 is 1.19 bits per heavy atom. The molecule has 0 amide bonds. The zero-order valence-electron chi connectivity index (χ0n) is 16.2. The third kappa shape index (κ3) is 3.68. The summed E-state index contributed by atoms with van der Waals surface area (Å²) in [5, 5.41) is 1.10. The number of likely N-dealkylation sites (N-methyl/N-ethyl adjacent to an activating group) is 1. The van der Waals surface area contributed by atoms with E-state index in [2.05, 4.69) is 56.8 Å². The van der Waals surface area contributed by atoms with Crippen molar-refractivity contribution in [2.24, 2.45) is 0 Å². The first kappa shape index (κ1) is 18.3. The molecular weight excluding hydrogens is 322 g/mol. The van der Waals surface area contributed by atoms with Crippen molar-refractivity contribution < 1.29 is 14.1 Å². The van der Waals surface area contributed by atoms with Crippen LogP contribution in [0.15, 0.2) is 59.0 Å². The average Bonchev–Trinajstić information content (AvgIpc) is 2.95. The first-order chi connectivity index (χ1) is 12.5. The lowest BCUT2D eigenvalue weighted by molar-refractivity contribution is -0.907. The van der Waals surface area contributed by atoms with Crippen LogP contribution in [0.2, 0.25) is 0 Å². The zero-order valence-corrected chi connectivity index (χ0v) is 16.2. The van der Waals surface area contributed by atoms with Crippen LogP contribution < -0.4 is 9.64 Å². The van der Waals surface area contributed by atoms with Gasteiger partial charge in [0.1, 0.15) is 23.6 Å². The molecule has 1 N–H and O–H groups in total. The first-order valence-electron chi connectivity index (χ1n) is 9.16. The Labute approximate surface area is 155 Å². The molecule has 0 aliphatic heterocycles.